The largest absolute Gasteiger partial charge is 0.489 e. The second-order valence-electron chi connectivity index (χ2n) is 4.71. The molecule has 76 valence electrons. The molecule has 0 spiro atoms. The van der Waals surface area contributed by atoms with Crippen LogP contribution in [0.4, 0.5) is 5.69 Å². The molecule has 0 saturated carbocycles. The van der Waals surface area contributed by atoms with Crippen LogP contribution in [-0.4, -0.2) is 13.2 Å². The standard InChI is InChI=1S/C12H17NO/c1-12(2,3)9-5-4-6-10-11(9)14-8-7-13-10/h4-6,13H,7-8H2,1-3H3. The monoisotopic (exact) mass is 191 g/mol. The zero-order chi connectivity index (χ0) is 10.2. The van der Waals surface area contributed by atoms with Crippen LogP contribution in [0.1, 0.15) is 26.3 Å². The molecule has 0 atom stereocenters. The molecule has 0 aliphatic carbocycles. The second kappa shape index (κ2) is 3.19. The van der Waals surface area contributed by atoms with Gasteiger partial charge in [0.2, 0.25) is 0 Å². The van der Waals surface area contributed by atoms with E-state index in [0.717, 1.165) is 24.6 Å². The molecule has 1 heterocycles. The third-order valence-electron chi connectivity index (χ3n) is 2.49. The fourth-order valence-corrected chi connectivity index (χ4v) is 1.76. The molecular weight excluding hydrogens is 174 g/mol. The smallest absolute Gasteiger partial charge is 0.146 e. The van der Waals surface area contributed by atoms with Crippen LogP contribution in [0.15, 0.2) is 18.2 Å². The number of anilines is 1. The molecule has 2 nitrogen and oxygen atoms in total. The van der Waals surface area contributed by atoms with E-state index >= 15 is 0 Å². The highest BCUT2D eigenvalue weighted by molar-refractivity contribution is 5.62. The molecule has 1 aromatic carbocycles. The summed E-state index contributed by atoms with van der Waals surface area (Å²) in [6.45, 7) is 8.29. The second-order valence-corrected chi connectivity index (χ2v) is 4.71. The van der Waals surface area contributed by atoms with Gasteiger partial charge in [-0.05, 0) is 11.5 Å². The number of nitrogens with one attached hydrogen (secondary N) is 1. The van der Waals surface area contributed by atoms with Crippen molar-refractivity contribution in [3.05, 3.63) is 23.8 Å². The number of hydrogen-bond donors (Lipinski definition) is 1. The van der Waals surface area contributed by atoms with Crippen LogP contribution in [0.5, 0.6) is 5.75 Å². The third kappa shape index (κ3) is 1.57. The molecule has 0 unspecified atom stereocenters. The van der Waals surface area contributed by atoms with E-state index in [-0.39, 0.29) is 5.41 Å². The lowest BCUT2D eigenvalue weighted by Gasteiger charge is -2.27. The first kappa shape index (κ1) is 9.38. The topological polar surface area (TPSA) is 21.3 Å². The molecule has 0 fully saturated rings. The third-order valence-corrected chi connectivity index (χ3v) is 2.49. The number of ether oxygens (including phenoxy) is 1. The summed E-state index contributed by atoms with van der Waals surface area (Å²) < 4.78 is 5.72. The van der Waals surface area contributed by atoms with Crippen molar-refractivity contribution < 1.29 is 4.74 Å². The van der Waals surface area contributed by atoms with Gasteiger partial charge in [0.1, 0.15) is 12.4 Å². The summed E-state index contributed by atoms with van der Waals surface area (Å²) in [6, 6.07) is 6.30. The highest BCUT2D eigenvalue weighted by Gasteiger charge is 2.22. The Balaban J connectivity index is 2.51. The molecule has 0 saturated heterocycles. The Morgan fingerprint density at radius 3 is 2.79 bits per heavy atom. The number of fused-ring (bicyclic) bond motifs is 1. The first-order valence-electron chi connectivity index (χ1n) is 5.09. The minimum atomic E-state index is 0.143. The molecule has 2 rings (SSSR count). The van der Waals surface area contributed by atoms with Gasteiger partial charge in [0, 0.05) is 12.1 Å². The zero-order valence-electron chi connectivity index (χ0n) is 9.05. The zero-order valence-corrected chi connectivity index (χ0v) is 9.05. The van der Waals surface area contributed by atoms with Gasteiger partial charge in [-0.3, -0.25) is 0 Å². The highest BCUT2D eigenvalue weighted by atomic mass is 16.5. The Morgan fingerprint density at radius 1 is 1.29 bits per heavy atom. The van der Waals surface area contributed by atoms with E-state index in [1.54, 1.807) is 0 Å². The minimum Gasteiger partial charge on any atom is -0.489 e. The summed E-state index contributed by atoms with van der Waals surface area (Å²) in [5, 5.41) is 3.35. The maximum atomic E-state index is 5.72. The van der Waals surface area contributed by atoms with Gasteiger partial charge in [-0.1, -0.05) is 32.9 Å². The van der Waals surface area contributed by atoms with E-state index in [1.807, 2.05) is 0 Å². The number of hydrogen-bond acceptors (Lipinski definition) is 2. The van der Waals surface area contributed by atoms with Crippen LogP contribution in [-0.2, 0) is 5.41 Å². The van der Waals surface area contributed by atoms with Gasteiger partial charge in [-0.2, -0.15) is 0 Å². The molecule has 2 heteroatoms. The van der Waals surface area contributed by atoms with Gasteiger partial charge >= 0.3 is 0 Å². The van der Waals surface area contributed by atoms with Crippen molar-refractivity contribution in [1.82, 2.24) is 0 Å². The van der Waals surface area contributed by atoms with E-state index in [2.05, 4.69) is 44.3 Å². The molecule has 0 radical (unpaired) electrons. The number of rotatable bonds is 0. The molecule has 1 aromatic rings. The summed E-state index contributed by atoms with van der Waals surface area (Å²) in [5.74, 6) is 1.03. The Morgan fingerprint density at radius 2 is 2.07 bits per heavy atom. The molecule has 1 aliphatic heterocycles. The maximum Gasteiger partial charge on any atom is 0.146 e. The average Bonchev–Trinajstić information content (AvgIpc) is 2.15. The summed E-state index contributed by atoms with van der Waals surface area (Å²) in [7, 11) is 0. The van der Waals surface area contributed by atoms with Crippen LogP contribution < -0.4 is 10.1 Å². The fraction of sp³-hybridized carbons (Fsp3) is 0.500. The van der Waals surface area contributed by atoms with Crippen LogP contribution in [0.25, 0.3) is 0 Å². The normalized spacial score (nSPS) is 15.4. The Labute approximate surface area is 85.3 Å². The predicted molar refractivity (Wildman–Crippen MR) is 59.1 cm³/mol. The van der Waals surface area contributed by atoms with Gasteiger partial charge in [-0.25, -0.2) is 0 Å². The van der Waals surface area contributed by atoms with E-state index in [0.29, 0.717) is 0 Å². The maximum absolute atomic E-state index is 5.72. The Hall–Kier alpha value is -1.18. The van der Waals surface area contributed by atoms with Crippen LogP contribution in [0.3, 0.4) is 0 Å². The summed E-state index contributed by atoms with van der Waals surface area (Å²) in [6.07, 6.45) is 0. The molecule has 1 aliphatic rings. The van der Waals surface area contributed by atoms with Crippen molar-refractivity contribution in [2.75, 3.05) is 18.5 Å². The van der Waals surface area contributed by atoms with Crippen molar-refractivity contribution in [2.24, 2.45) is 0 Å². The van der Waals surface area contributed by atoms with Gasteiger partial charge in [0.25, 0.3) is 0 Å². The molecule has 0 bridgehead atoms. The first-order chi connectivity index (χ1) is 6.59. The summed E-state index contributed by atoms with van der Waals surface area (Å²) in [5.41, 5.74) is 2.55. The predicted octanol–water partition coefficient (Wildman–Crippen LogP) is 2.79. The lowest BCUT2D eigenvalue weighted by atomic mass is 9.86. The van der Waals surface area contributed by atoms with Gasteiger partial charge in [0.15, 0.2) is 0 Å². The lowest BCUT2D eigenvalue weighted by Crippen LogP contribution is -2.22. The summed E-state index contributed by atoms with van der Waals surface area (Å²) >= 11 is 0. The van der Waals surface area contributed by atoms with Gasteiger partial charge in [-0.15, -0.1) is 0 Å². The van der Waals surface area contributed by atoms with Crippen LogP contribution >= 0.6 is 0 Å². The van der Waals surface area contributed by atoms with Crippen molar-refractivity contribution in [3.8, 4) is 5.75 Å². The first-order valence-corrected chi connectivity index (χ1v) is 5.09. The van der Waals surface area contributed by atoms with Crippen LogP contribution in [0, 0.1) is 0 Å². The van der Waals surface area contributed by atoms with Crippen molar-refractivity contribution in [1.29, 1.82) is 0 Å². The van der Waals surface area contributed by atoms with E-state index < -0.39 is 0 Å². The molecule has 1 N–H and O–H groups in total. The summed E-state index contributed by atoms with van der Waals surface area (Å²) in [4.78, 5) is 0. The quantitative estimate of drug-likeness (QED) is 0.681. The number of benzene rings is 1. The molecule has 0 amide bonds. The van der Waals surface area contributed by atoms with Gasteiger partial charge in [0.05, 0.1) is 5.69 Å². The SMILES string of the molecule is CC(C)(C)c1cccc2c1OCCN2. The van der Waals surface area contributed by atoms with Crippen molar-refractivity contribution in [2.45, 2.75) is 26.2 Å². The molecular formula is C12H17NO. The minimum absolute atomic E-state index is 0.143. The van der Waals surface area contributed by atoms with Crippen molar-refractivity contribution >= 4 is 5.69 Å². The lowest BCUT2D eigenvalue weighted by molar-refractivity contribution is 0.314. The van der Waals surface area contributed by atoms with E-state index in [9.17, 15) is 0 Å². The van der Waals surface area contributed by atoms with Crippen molar-refractivity contribution in [3.63, 3.8) is 0 Å². The molecule has 14 heavy (non-hydrogen) atoms. The van der Waals surface area contributed by atoms with E-state index in [1.165, 1.54) is 5.56 Å². The Kier molecular flexibility index (Phi) is 2.14. The average molecular weight is 191 g/mol. The highest BCUT2D eigenvalue weighted by Crippen LogP contribution is 2.38. The van der Waals surface area contributed by atoms with Crippen LogP contribution in [0.2, 0.25) is 0 Å². The molecule has 0 aromatic heterocycles. The number of para-hydroxylation sites is 1. The van der Waals surface area contributed by atoms with E-state index in [4.69, 9.17) is 4.74 Å². The Bertz CT molecular complexity index is 339. The fourth-order valence-electron chi connectivity index (χ4n) is 1.76. The van der Waals surface area contributed by atoms with Gasteiger partial charge < -0.3 is 10.1 Å².